The fourth-order valence-electron chi connectivity index (χ4n) is 2.27. The van der Waals surface area contributed by atoms with Crippen molar-refractivity contribution >= 4 is 28.4 Å². The Morgan fingerprint density at radius 2 is 0.720 bits per heavy atom. The zero-order chi connectivity index (χ0) is 19.9. The Morgan fingerprint density at radius 1 is 0.520 bits per heavy atom. The van der Waals surface area contributed by atoms with Crippen molar-refractivity contribution in [2.24, 2.45) is 0 Å². The SMILES string of the molecule is CC(C)(C)c1c([N+](=O)[O-])c([N+](=O)[O-])c([N+](=O)[O-])c([N+](=O)[O-])c1[N+](=O)[O-]. The summed E-state index contributed by atoms with van der Waals surface area (Å²) < 4.78 is 0. The lowest BCUT2D eigenvalue weighted by molar-refractivity contribution is -0.461. The van der Waals surface area contributed by atoms with Crippen LogP contribution in [0, 0.1) is 50.6 Å². The number of hydrogen-bond acceptors (Lipinski definition) is 10. The first-order valence-corrected chi connectivity index (χ1v) is 6.19. The lowest BCUT2D eigenvalue weighted by Gasteiger charge is -2.18. The summed E-state index contributed by atoms with van der Waals surface area (Å²) in [6, 6.07) is 0. The predicted molar refractivity (Wildman–Crippen MR) is 78.4 cm³/mol. The summed E-state index contributed by atoms with van der Waals surface area (Å²) in [4.78, 5) is 48.6. The molecule has 0 saturated carbocycles. The molecular weight excluding hydrogens is 350 g/mol. The van der Waals surface area contributed by atoms with Gasteiger partial charge in [-0.3, -0.25) is 50.6 Å². The topological polar surface area (TPSA) is 216 Å². The smallest absolute Gasteiger partial charge is 0.258 e. The standard InChI is InChI=1S/C10H9N5O10/c1-10(2,3)4-5(11(16)17)7(13(20)21)9(15(24)25)8(14(22)23)6(4)12(18)19/h1-3H3. The molecule has 0 heterocycles. The van der Waals surface area contributed by atoms with Crippen LogP contribution in [0.5, 0.6) is 0 Å². The highest BCUT2D eigenvalue weighted by atomic mass is 16.7. The summed E-state index contributed by atoms with van der Waals surface area (Å²) in [5.41, 5.74) is -11.0. The first-order chi connectivity index (χ1) is 11.2. The summed E-state index contributed by atoms with van der Waals surface area (Å²) in [6.45, 7) is 3.55. The van der Waals surface area contributed by atoms with E-state index in [2.05, 4.69) is 0 Å². The fourth-order valence-corrected chi connectivity index (χ4v) is 2.27. The molecule has 0 bridgehead atoms. The van der Waals surface area contributed by atoms with E-state index in [1.807, 2.05) is 0 Å². The average molecular weight is 359 g/mol. The fraction of sp³-hybridized carbons (Fsp3) is 0.400. The van der Waals surface area contributed by atoms with Crippen LogP contribution in [0.3, 0.4) is 0 Å². The molecule has 0 fully saturated rings. The summed E-state index contributed by atoms with van der Waals surface area (Å²) in [6.07, 6.45) is 0. The van der Waals surface area contributed by atoms with Gasteiger partial charge in [0.05, 0.1) is 24.6 Å². The Morgan fingerprint density at radius 3 is 0.880 bits per heavy atom. The molecule has 0 aliphatic heterocycles. The van der Waals surface area contributed by atoms with Crippen LogP contribution in [-0.2, 0) is 5.41 Å². The second-order valence-electron chi connectivity index (χ2n) is 5.65. The highest BCUT2D eigenvalue weighted by Crippen LogP contribution is 2.54. The quantitative estimate of drug-likeness (QED) is 0.552. The zero-order valence-corrected chi connectivity index (χ0v) is 12.8. The third-order valence-corrected chi connectivity index (χ3v) is 3.03. The molecule has 0 amide bonds. The van der Waals surface area contributed by atoms with Crippen molar-refractivity contribution in [1.82, 2.24) is 0 Å². The van der Waals surface area contributed by atoms with Gasteiger partial charge in [-0.15, -0.1) is 0 Å². The summed E-state index contributed by atoms with van der Waals surface area (Å²) in [7, 11) is 0. The van der Waals surface area contributed by atoms with Crippen LogP contribution in [-0.4, -0.2) is 24.6 Å². The normalized spacial score (nSPS) is 11.0. The van der Waals surface area contributed by atoms with E-state index in [9.17, 15) is 50.6 Å². The molecular formula is C10H9N5O10. The highest BCUT2D eigenvalue weighted by Gasteiger charge is 2.56. The van der Waals surface area contributed by atoms with Crippen molar-refractivity contribution in [2.45, 2.75) is 26.2 Å². The first kappa shape index (κ1) is 19.3. The van der Waals surface area contributed by atoms with Crippen LogP contribution >= 0.6 is 0 Å². The minimum atomic E-state index is -1.92. The molecule has 134 valence electrons. The summed E-state index contributed by atoms with van der Waals surface area (Å²) in [5.74, 6) is 0. The first-order valence-electron chi connectivity index (χ1n) is 6.19. The minimum Gasteiger partial charge on any atom is -0.258 e. The second-order valence-corrected chi connectivity index (χ2v) is 5.65. The van der Waals surface area contributed by atoms with Crippen molar-refractivity contribution in [2.75, 3.05) is 0 Å². The van der Waals surface area contributed by atoms with Gasteiger partial charge in [0.25, 0.3) is 0 Å². The molecule has 0 radical (unpaired) electrons. The third kappa shape index (κ3) is 3.14. The van der Waals surface area contributed by atoms with E-state index in [4.69, 9.17) is 0 Å². The minimum absolute atomic E-state index is 0.952. The van der Waals surface area contributed by atoms with Gasteiger partial charge < -0.3 is 0 Å². The zero-order valence-electron chi connectivity index (χ0n) is 12.8. The molecule has 0 aliphatic carbocycles. The number of nitro groups is 5. The number of rotatable bonds is 5. The van der Waals surface area contributed by atoms with Gasteiger partial charge in [0, 0.05) is 5.41 Å². The van der Waals surface area contributed by atoms with E-state index < -0.39 is 64.0 Å². The molecule has 1 rings (SSSR count). The van der Waals surface area contributed by atoms with E-state index >= 15 is 0 Å². The van der Waals surface area contributed by atoms with Crippen LogP contribution in [0.2, 0.25) is 0 Å². The Hall–Kier alpha value is -3.78. The monoisotopic (exact) mass is 359 g/mol. The van der Waals surface area contributed by atoms with Crippen molar-refractivity contribution in [3.63, 3.8) is 0 Å². The molecule has 1 aromatic rings. The van der Waals surface area contributed by atoms with Gasteiger partial charge in [0.2, 0.25) is 0 Å². The van der Waals surface area contributed by atoms with E-state index in [0.29, 0.717) is 0 Å². The van der Waals surface area contributed by atoms with E-state index in [1.54, 1.807) is 0 Å². The molecule has 0 aromatic heterocycles. The average Bonchev–Trinajstić information content (AvgIpc) is 2.41. The molecule has 25 heavy (non-hydrogen) atoms. The molecule has 15 heteroatoms. The van der Waals surface area contributed by atoms with Gasteiger partial charge >= 0.3 is 28.4 Å². The Bertz CT molecular complexity index is 786. The molecule has 0 N–H and O–H groups in total. The van der Waals surface area contributed by atoms with Crippen molar-refractivity contribution < 1.29 is 24.6 Å². The second kappa shape index (κ2) is 6.02. The van der Waals surface area contributed by atoms with Crippen LogP contribution in [0.1, 0.15) is 26.3 Å². The van der Waals surface area contributed by atoms with Gasteiger partial charge in [0.1, 0.15) is 5.56 Å². The van der Waals surface area contributed by atoms with E-state index in [-0.39, 0.29) is 0 Å². The van der Waals surface area contributed by atoms with Gasteiger partial charge in [-0.1, -0.05) is 20.8 Å². The van der Waals surface area contributed by atoms with Gasteiger partial charge in [-0.2, -0.15) is 0 Å². The Balaban J connectivity index is 4.56. The maximum Gasteiger partial charge on any atom is 0.437 e. The molecule has 1 aromatic carbocycles. The van der Waals surface area contributed by atoms with Crippen LogP contribution in [0.25, 0.3) is 0 Å². The number of nitrogens with zero attached hydrogens (tertiary/aromatic N) is 5. The number of hydrogen-bond donors (Lipinski definition) is 0. The summed E-state index contributed by atoms with van der Waals surface area (Å²) in [5, 5.41) is 56.1. The Labute approximate surface area is 136 Å². The number of benzene rings is 1. The molecule has 0 atom stereocenters. The van der Waals surface area contributed by atoms with Crippen molar-refractivity contribution in [3.05, 3.63) is 56.1 Å². The van der Waals surface area contributed by atoms with Crippen LogP contribution in [0.15, 0.2) is 0 Å². The maximum atomic E-state index is 11.3. The number of nitro benzene ring substituents is 5. The highest BCUT2D eigenvalue weighted by molar-refractivity contribution is 5.86. The molecule has 0 saturated heterocycles. The molecule has 0 aliphatic rings. The van der Waals surface area contributed by atoms with Crippen LogP contribution < -0.4 is 0 Å². The van der Waals surface area contributed by atoms with E-state index in [1.165, 1.54) is 20.8 Å². The van der Waals surface area contributed by atoms with Crippen molar-refractivity contribution in [1.29, 1.82) is 0 Å². The maximum absolute atomic E-state index is 11.3. The lowest BCUT2D eigenvalue weighted by Crippen LogP contribution is -2.20. The van der Waals surface area contributed by atoms with E-state index in [0.717, 1.165) is 0 Å². The Kier molecular flexibility index (Phi) is 4.64. The molecule has 0 unspecified atom stereocenters. The predicted octanol–water partition coefficient (Wildman–Crippen LogP) is 2.53. The largest absolute Gasteiger partial charge is 0.437 e. The van der Waals surface area contributed by atoms with Crippen LogP contribution in [0.4, 0.5) is 28.4 Å². The molecule has 15 nitrogen and oxygen atoms in total. The van der Waals surface area contributed by atoms with Gasteiger partial charge in [0.15, 0.2) is 0 Å². The van der Waals surface area contributed by atoms with Gasteiger partial charge in [-0.25, -0.2) is 0 Å². The molecule has 0 spiro atoms. The lowest BCUT2D eigenvalue weighted by atomic mass is 9.83. The van der Waals surface area contributed by atoms with Crippen molar-refractivity contribution in [3.8, 4) is 0 Å². The third-order valence-electron chi connectivity index (χ3n) is 3.03. The summed E-state index contributed by atoms with van der Waals surface area (Å²) >= 11 is 0. The van der Waals surface area contributed by atoms with Gasteiger partial charge in [-0.05, 0) is 0 Å².